The second-order valence-electron chi connectivity index (χ2n) is 5.26. The molecule has 1 amide bonds. The van der Waals surface area contributed by atoms with Gasteiger partial charge in [0.25, 0.3) is 5.91 Å². The Kier molecular flexibility index (Phi) is 4.82. The highest BCUT2D eigenvalue weighted by Crippen LogP contribution is 2.24. The third kappa shape index (κ3) is 3.42. The Balaban J connectivity index is 1.61. The van der Waals surface area contributed by atoms with E-state index in [4.69, 9.17) is 16.3 Å². The van der Waals surface area contributed by atoms with E-state index in [0.29, 0.717) is 25.2 Å². The zero-order chi connectivity index (χ0) is 17.3. The Morgan fingerprint density at radius 1 is 1.29 bits per heavy atom. The van der Waals surface area contributed by atoms with Gasteiger partial charge in [0.15, 0.2) is 18.2 Å². The lowest BCUT2D eigenvalue weighted by Gasteiger charge is -2.26. The topological polar surface area (TPSA) is 46.6 Å². The molecule has 24 heavy (non-hydrogen) atoms. The van der Waals surface area contributed by atoms with Gasteiger partial charge in [0.1, 0.15) is 0 Å². The largest absolute Gasteiger partial charge is 0.452 e. The average Bonchev–Trinajstić information content (AvgIpc) is 3.03. The van der Waals surface area contributed by atoms with Crippen molar-refractivity contribution < 1.29 is 23.1 Å². The van der Waals surface area contributed by atoms with Crippen molar-refractivity contribution in [3.05, 3.63) is 56.2 Å². The fourth-order valence-electron chi connectivity index (χ4n) is 2.44. The van der Waals surface area contributed by atoms with Crippen LogP contribution in [0.4, 0.5) is 8.78 Å². The Hall–Kier alpha value is -1.99. The first-order valence-corrected chi connectivity index (χ1v) is 8.36. The van der Waals surface area contributed by atoms with Crippen LogP contribution in [0.25, 0.3) is 0 Å². The molecule has 0 N–H and O–H groups in total. The monoisotopic (exact) mass is 371 g/mol. The molecule has 0 saturated heterocycles. The molecule has 1 aliphatic heterocycles. The predicted molar refractivity (Wildman–Crippen MR) is 85.1 cm³/mol. The highest BCUT2D eigenvalue weighted by molar-refractivity contribution is 7.10. The Bertz CT molecular complexity index is 809. The van der Waals surface area contributed by atoms with Gasteiger partial charge in [0, 0.05) is 18.0 Å². The lowest BCUT2D eigenvalue weighted by Crippen LogP contribution is -2.38. The van der Waals surface area contributed by atoms with E-state index in [1.54, 1.807) is 16.2 Å². The molecular weight excluding hydrogens is 360 g/mol. The number of carbonyl (C=O) groups is 2. The third-order valence-electron chi connectivity index (χ3n) is 3.72. The second-order valence-corrected chi connectivity index (χ2v) is 6.66. The summed E-state index contributed by atoms with van der Waals surface area (Å²) in [7, 11) is 0. The van der Waals surface area contributed by atoms with Gasteiger partial charge in [-0.25, -0.2) is 13.6 Å². The van der Waals surface area contributed by atoms with Crippen LogP contribution < -0.4 is 0 Å². The van der Waals surface area contributed by atoms with Crippen LogP contribution >= 0.6 is 22.9 Å². The van der Waals surface area contributed by atoms with Crippen molar-refractivity contribution in [2.75, 3.05) is 13.2 Å². The number of amides is 1. The maximum atomic E-state index is 13.2. The van der Waals surface area contributed by atoms with Crippen molar-refractivity contribution >= 4 is 34.8 Å². The highest BCUT2D eigenvalue weighted by atomic mass is 35.5. The normalized spacial score (nSPS) is 13.5. The summed E-state index contributed by atoms with van der Waals surface area (Å²) in [5.74, 6) is -3.69. The molecule has 0 unspecified atom stereocenters. The Labute approximate surface area is 145 Å². The Morgan fingerprint density at radius 3 is 2.83 bits per heavy atom. The van der Waals surface area contributed by atoms with Crippen LogP contribution in [-0.4, -0.2) is 29.9 Å². The molecule has 2 heterocycles. The number of rotatable bonds is 3. The summed E-state index contributed by atoms with van der Waals surface area (Å²) < 4.78 is 31.1. The third-order valence-corrected chi connectivity index (χ3v) is 5.05. The molecular formula is C16H12ClF2NO3S. The lowest BCUT2D eigenvalue weighted by atomic mass is 10.1. The molecule has 4 nitrogen and oxygen atoms in total. The zero-order valence-corrected chi connectivity index (χ0v) is 13.9. The minimum Gasteiger partial charge on any atom is -0.452 e. The van der Waals surface area contributed by atoms with Crippen molar-refractivity contribution in [1.29, 1.82) is 0 Å². The number of benzene rings is 1. The van der Waals surface area contributed by atoms with Crippen LogP contribution in [0.3, 0.4) is 0 Å². The molecule has 2 aromatic rings. The van der Waals surface area contributed by atoms with Gasteiger partial charge in [0.05, 0.1) is 10.6 Å². The van der Waals surface area contributed by atoms with E-state index in [1.165, 1.54) is 4.88 Å². The number of thiophene rings is 1. The van der Waals surface area contributed by atoms with E-state index in [2.05, 4.69) is 0 Å². The van der Waals surface area contributed by atoms with Crippen LogP contribution in [0.5, 0.6) is 0 Å². The van der Waals surface area contributed by atoms with Gasteiger partial charge >= 0.3 is 5.97 Å². The van der Waals surface area contributed by atoms with Crippen LogP contribution in [0, 0.1) is 11.6 Å². The molecule has 0 atom stereocenters. The van der Waals surface area contributed by atoms with Crippen molar-refractivity contribution in [1.82, 2.24) is 4.90 Å². The number of halogens is 3. The molecule has 8 heteroatoms. The number of nitrogens with zero attached hydrogens (tertiary/aromatic N) is 1. The standard InChI is InChI=1S/C16H12ClF2NO3S/c17-11-6-13(19)12(18)5-10(11)16(22)23-8-15(21)20-3-1-14-9(7-20)2-4-24-14/h2,4-6H,1,3,7-8H2. The molecule has 1 aliphatic rings. The molecule has 126 valence electrons. The molecule has 0 aliphatic carbocycles. The van der Waals surface area contributed by atoms with Crippen molar-refractivity contribution in [3.63, 3.8) is 0 Å². The highest BCUT2D eigenvalue weighted by Gasteiger charge is 2.23. The summed E-state index contributed by atoms with van der Waals surface area (Å²) in [5.41, 5.74) is 0.775. The average molecular weight is 372 g/mol. The number of hydrogen-bond donors (Lipinski definition) is 0. The first-order valence-electron chi connectivity index (χ1n) is 7.10. The van der Waals surface area contributed by atoms with E-state index in [-0.39, 0.29) is 16.5 Å². The molecule has 3 rings (SSSR count). The molecule has 1 aromatic carbocycles. The van der Waals surface area contributed by atoms with Gasteiger partial charge < -0.3 is 9.64 Å². The lowest BCUT2D eigenvalue weighted by molar-refractivity contribution is -0.135. The molecule has 0 bridgehead atoms. The maximum Gasteiger partial charge on any atom is 0.340 e. The number of carbonyl (C=O) groups excluding carboxylic acids is 2. The smallest absolute Gasteiger partial charge is 0.340 e. The molecule has 0 radical (unpaired) electrons. The van der Waals surface area contributed by atoms with Gasteiger partial charge in [-0.3, -0.25) is 4.79 Å². The van der Waals surface area contributed by atoms with Crippen LogP contribution in [-0.2, 0) is 22.5 Å². The van der Waals surface area contributed by atoms with E-state index >= 15 is 0 Å². The van der Waals surface area contributed by atoms with Gasteiger partial charge in [-0.15, -0.1) is 11.3 Å². The fourth-order valence-corrected chi connectivity index (χ4v) is 3.55. The first kappa shape index (κ1) is 16.9. The van der Waals surface area contributed by atoms with Gasteiger partial charge in [-0.2, -0.15) is 0 Å². The summed E-state index contributed by atoms with van der Waals surface area (Å²) in [6.45, 7) is 0.546. The number of esters is 1. The second kappa shape index (κ2) is 6.86. The van der Waals surface area contributed by atoms with E-state index < -0.39 is 24.2 Å². The van der Waals surface area contributed by atoms with Crippen LogP contribution in [0.15, 0.2) is 23.6 Å². The van der Waals surface area contributed by atoms with E-state index in [9.17, 15) is 18.4 Å². The zero-order valence-electron chi connectivity index (χ0n) is 12.4. The summed E-state index contributed by atoms with van der Waals surface area (Å²) in [6.07, 6.45) is 0.766. The first-order chi connectivity index (χ1) is 11.5. The maximum absolute atomic E-state index is 13.2. The number of hydrogen-bond acceptors (Lipinski definition) is 4. The quantitative estimate of drug-likeness (QED) is 0.613. The minimum absolute atomic E-state index is 0.271. The van der Waals surface area contributed by atoms with Crippen molar-refractivity contribution in [2.45, 2.75) is 13.0 Å². The molecule has 1 aromatic heterocycles. The van der Waals surface area contributed by atoms with Crippen LogP contribution in [0.2, 0.25) is 5.02 Å². The van der Waals surface area contributed by atoms with Gasteiger partial charge in [-0.05, 0) is 35.6 Å². The SMILES string of the molecule is O=C(OCC(=O)N1CCc2sccc2C1)c1cc(F)c(F)cc1Cl. The molecule has 0 saturated carbocycles. The van der Waals surface area contributed by atoms with Crippen molar-refractivity contribution in [3.8, 4) is 0 Å². The van der Waals surface area contributed by atoms with Gasteiger partial charge in [-0.1, -0.05) is 11.6 Å². The summed E-state index contributed by atoms with van der Waals surface area (Å²) in [6, 6.07) is 3.31. The number of fused-ring (bicyclic) bond motifs is 1. The van der Waals surface area contributed by atoms with Crippen LogP contribution in [0.1, 0.15) is 20.8 Å². The van der Waals surface area contributed by atoms with E-state index in [1.807, 2.05) is 11.4 Å². The van der Waals surface area contributed by atoms with Crippen molar-refractivity contribution in [2.24, 2.45) is 0 Å². The van der Waals surface area contributed by atoms with E-state index in [0.717, 1.165) is 12.0 Å². The fraction of sp³-hybridized carbons (Fsp3) is 0.250. The summed E-state index contributed by atoms with van der Waals surface area (Å²) in [5, 5.41) is 1.70. The Morgan fingerprint density at radius 2 is 2.04 bits per heavy atom. The van der Waals surface area contributed by atoms with Gasteiger partial charge in [0.2, 0.25) is 0 Å². The predicted octanol–water partition coefficient (Wildman–Crippen LogP) is 3.42. The minimum atomic E-state index is -1.21. The molecule has 0 spiro atoms. The summed E-state index contributed by atoms with van der Waals surface area (Å²) in [4.78, 5) is 26.9. The summed E-state index contributed by atoms with van der Waals surface area (Å²) >= 11 is 7.36. The number of ether oxygens (including phenoxy) is 1. The molecule has 0 fully saturated rings.